The second-order valence-corrected chi connectivity index (χ2v) is 9.95. The summed E-state index contributed by atoms with van der Waals surface area (Å²) >= 11 is 11.7. The zero-order chi connectivity index (χ0) is 20.0. The van der Waals surface area contributed by atoms with Gasteiger partial charge in [-0.25, -0.2) is 0 Å². The van der Waals surface area contributed by atoms with E-state index in [0.717, 1.165) is 24.9 Å². The van der Waals surface area contributed by atoms with Crippen LogP contribution in [0.3, 0.4) is 0 Å². The highest BCUT2D eigenvalue weighted by Crippen LogP contribution is 2.40. The fourth-order valence-electron chi connectivity index (χ4n) is 6.26. The molecule has 0 spiro atoms. The van der Waals surface area contributed by atoms with Crippen LogP contribution in [0.1, 0.15) is 48.9 Å². The van der Waals surface area contributed by atoms with Gasteiger partial charge in [-0.05, 0) is 68.6 Å². The zero-order valence-corrected chi connectivity index (χ0v) is 18.3. The number of piperidine rings is 3. The first kappa shape index (κ1) is 19.5. The van der Waals surface area contributed by atoms with Gasteiger partial charge >= 0.3 is 0 Å². The van der Waals surface area contributed by atoms with Crippen LogP contribution in [-0.4, -0.2) is 47.6 Å². The molecule has 2 bridgehead atoms. The van der Waals surface area contributed by atoms with Crippen LogP contribution < -0.4 is 10.2 Å². The number of carbonyl (C=O) groups is 1. The molecule has 1 aromatic carbocycles. The Morgan fingerprint density at radius 2 is 2.03 bits per heavy atom. The van der Waals surface area contributed by atoms with Gasteiger partial charge in [0.1, 0.15) is 0 Å². The van der Waals surface area contributed by atoms with Crippen LogP contribution in [0.25, 0.3) is 0 Å². The molecule has 3 aliphatic heterocycles. The number of benzene rings is 1. The van der Waals surface area contributed by atoms with Gasteiger partial charge in [0.25, 0.3) is 5.91 Å². The van der Waals surface area contributed by atoms with Crippen molar-refractivity contribution in [2.75, 3.05) is 19.6 Å². The smallest absolute Gasteiger partial charge is 0.257 e. The van der Waals surface area contributed by atoms with Gasteiger partial charge in [-0.1, -0.05) is 23.3 Å². The van der Waals surface area contributed by atoms with E-state index in [9.17, 15) is 4.79 Å². The van der Waals surface area contributed by atoms with Gasteiger partial charge in [-0.15, -0.1) is 0 Å². The average Bonchev–Trinajstić information content (AvgIpc) is 2.74. The van der Waals surface area contributed by atoms with Crippen molar-refractivity contribution in [3.05, 3.63) is 46.5 Å². The SMILES string of the molecule is O=C(NC(=S)N1CCCC2=C[C@H]3C[C@H](C[NH+]4CCCC[C@H]34)[C@H]21)c1ccc(Cl)cc1. The van der Waals surface area contributed by atoms with Gasteiger partial charge in [-0.3, -0.25) is 10.1 Å². The largest absolute Gasteiger partial charge is 0.342 e. The lowest BCUT2D eigenvalue weighted by Gasteiger charge is -2.53. The summed E-state index contributed by atoms with van der Waals surface area (Å²) in [5.74, 6) is 1.24. The third-order valence-corrected chi connectivity index (χ3v) is 8.03. The van der Waals surface area contributed by atoms with Crippen molar-refractivity contribution in [3.8, 4) is 0 Å². The first-order chi connectivity index (χ1) is 14.1. The quantitative estimate of drug-likeness (QED) is 0.531. The molecule has 1 unspecified atom stereocenters. The maximum atomic E-state index is 12.7. The lowest BCUT2D eigenvalue weighted by atomic mass is 9.68. The van der Waals surface area contributed by atoms with Crippen LogP contribution in [0, 0.1) is 11.8 Å². The third kappa shape index (κ3) is 3.73. The summed E-state index contributed by atoms with van der Waals surface area (Å²) in [6.45, 7) is 3.51. The number of rotatable bonds is 1. The Balaban J connectivity index is 1.34. The molecule has 0 radical (unpaired) electrons. The number of hydrogen-bond donors (Lipinski definition) is 2. The third-order valence-electron chi connectivity index (χ3n) is 7.45. The van der Waals surface area contributed by atoms with E-state index in [4.69, 9.17) is 23.8 Å². The van der Waals surface area contributed by atoms with Crippen molar-refractivity contribution in [1.82, 2.24) is 10.2 Å². The Hall–Kier alpha value is -1.43. The standard InChI is InChI=1S/C23H28ClN3OS/c24-19-8-6-15(7-9-19)22(28)25-23(29)27-11-3-4-16-12-17-13-18(21(16)27)14-26-10-2-1-5-20(17)26/h6-9,12,17-18,20-21H,1-5,10-11,13-14H2,(H,25,28,29)/p+1/t17-,18+,20+,21-/m0/s1. The highest BCUT2D eigenvalue weighted by Gasteiger charge is 2.48. The summed E-state index contributed by atoms with van der Waals surface area (Å²) in [5, 5.41) is 4.20. The van der Waals surface area contributed by atoms with Crippen LogP contribution in [0.2, 0.25) is 5.02 Å². The van der Waals surface area contributed by atoms with E-state index in [0.29, 0.717) is 27.7 Å². The molecule has 29 heavy (non-hydrogen) atoms. The molecule has 1 aliphatic carbocycles. The summed E-state index contributed by atoms with van der Waals surface area (Å²) in [4.78, 5) is 16.8. The lowest BCUT2D eigenvalue weighted by molar-refractivity contribution is -0.943. The van der Waals surface area contributed by atoms with Crippen LogP contribution in [-0.2, 0) is 0 Å². The molecule has 1 aromatic rings. The minimum absolute atomic E-state index is 0.151. The number of amides is 1. The number of nitrogens with zero attached hydrogens (tertiary/aromatic N) is 1. The summed E-state index contributed by atoms with van der Waals surface area (Å²) in [6.07, 6.45) is 10.3. The molecule has 5 rings (SSSR count). The van der Waals surface area contributed by atoms with E-state index in [2.05, 4.69) is 16.3 Å². The number of nitrogens with one attached hydrogen (secondary N) is 2. The molecule has 2 N–H and O–H groups in total. The summed E-state index contributed by atoms with van der Waals surface area (Å²) in [7, 11) is 0. The van der Waals surface area contributed by atoms with Crippen molar-refractivity contribution >= 4 is 34.8 Å². The lowest BCUT2D eigenvalue weighted by Crippen LogP contribution is -3.19. The molecule has 3 heterocycles. The molecule has 3 fully saturated rings. The first-order valence-electron chi connectivity index (χ1n) is 11.0. The molecule has 0 saturated carbocycles. The predicted octanol–water partition coefficient (Wildman–Crippen LogP) is 2.83. The van der Waals surface area contributed by atoms with Crippen molar-refractivity contribution < 1.29 is 9.69 Å². The molecule has 6 heteroatoms. The molecule has 4 aliphatic rings. The number of thiocarbonyl (C=S) groups is 1. The number of halogens is 1. The van der Waals surface area contributed by atoms with Gasteiger partial charge < -0.3 is 9.80 Å². The van der Waals surface area contributed by atoms with E-state index >= 15 is 0 Å². The highest BCUT2D eigenvalue weighted by molar-refractivity contribution is 7.80. The van der Waals surface area contributed by atoms with Gasteiger partial charge in [0.15, 0.2) is 5.11 Å². The molecule has 1 amide bonds. The minimum atomic E-state index is -0.151. The Labute approximate surface area is 183 Å². The molecule has 4 nitrogen and oxygen atoms in total. The second-order valence-electron chi connectivity index (χ2n) is 9.12. The second kappa shape index (κ2) is 8.01. The number of quaternary nitrogens is 1. The van der Waals surface area contributed by atoms with E-state index in [1.165, 1.54) is 45.2 Å². The summed E-state index contributed by atoms with van der Waals surface area (Å²) in [5.41, 5.74) is 2.16. The van der Waals surface area contributed by atoms with E-state index in [1.54, 1.807) is 29.8 Å². The fourth-order valence-corrected chi connectivity index (χ4v) is 6.68. The Morgan fingerprint density at radius 1 is 1.21 bits per heavy atom. The summed E-state index contributed by atoms with van der Waals surface area (Å²) in [6, 6.07) is 8.17. The predicted molar refractivity (Wildman–Crippen MR) is 119 cm³/mol. The number of likely N-dealkylation sites (tertiary alicyclic amines) is 1. The molecular weight excluding hydrogens is 402 g/mol. The highest BCUT2D eigenvalue weighted by atomic mass is 35.5. The maximum Gasteiger partial charge on any atom is 0.257 e. The van der Waals surface area contributed by atoms with Crippen LogP contribution in [0.5, 0.6) is 0 Å². The first-order valence-corrected chi connectivity index (χ1v) is 11.8. The van der Waals surface area contributed by atoms with Crippen molar-refractivity contribution in [3.63, 3.8) is 0 Å². The van der Waals surface area contributed by atoms with Gasteiger partial charge in [0.05, 0.1) is 25.2 Å². The van der Waals surface area contributed by atoms with Gasteiger partial charge in [0.2, 0.25) is 0 Å². The average molecular weight is 431 g/mol. The molecule has 5 atom stereocenters. The van der Waals surface area contributed by atoms with Gasteiger partial charge in [-0.2, -0.15) is 0 Å². The topological polar surface area (TPSA) is 36.8 Å². The van der Waals surface area contributed by atoms with Crippen LogP contribution in [0.15, 0.2) is 35.9 Å². The van der Waals surface area contributed by atoms with E-state index in [-0.39, 0.29) is 5.91 Å². The Kier molecular flexibility index (Phi) is 5.39. The van der Waals surface area contributed by atoms with E-state index in [1.807, 2.05) is 4.90 Å². The summed E-state index contributed by atoms with van der Waals surface area (Å²) < 4.78 is 0. The minimum Gasteiger partial charge on any atom is -0.342 e. The Bertz CT molecular complexity index is 839. The molecule has 3 saturated heterocycles. The van der Waals surface area contributed by atoms with Crippen molar-refractivity contribution in [2.45, 2.75) is 50.6 Å². The monoisotopic (exact) mass is 430 g/mol. The zero-order valence-electron chi connectivity index (χ0n) is 16.7. The van der Waals surface area contributed by atoms with Crippen LogP contribution in [0.4, 0.5) is 0 Å². The number of fused-ring (bicyclic) bond motifs is 6. The van der Waals surface area contributed by atoms with Crippen LogP contribution >= 0.6 is 23.8 Å². The molecule has 0 aromatic heterocycles. The van der Waals surface area contributed by atoms with Gasteiger partial charge in [0, 0.05) is 35.4 Å². The van der Waals surface area contributed by atoms with Crippen molar-refractivity contribution in [2.24, 2.45) is 11.8 Å². The number of carbonyl (C=O) groups excluding carboxylic acids is 1. The van der Waals surface area contributed by atoms with Crippen molar-refractivity contribution in [1.29, 1.82) is 0 Å². The molecule has 154 valence electrons. The normalized spacial score (nSPS) is 33.2. The molecular formula is C23H29ClN3OS+. The van der Waals surface area contributed by atoms with E-state index < -0.39 is 0 Å². The maximum absolute atomic E-state index is 12.7. The number of hydrogen-bond acceptors (Lipinski definition) is 2. The fraction of sp³-hybridized carbons (Fsp3) is 0.565. The Morgan fingerprint density at radius 3 is 2.86 bits per heavy atom.